The first-order valence-corrected chi connectivity index (χ1v) is 7.59. The van der Waals surface area contributed by atoms with Gasteiger partial charge in [-0.1, -0.05) is 55.8 Å². The molecule has 3 atom stereocenters. The molecule has 0 aliphatic rings. The van der Waals surface area contributed by atoms with E-state index in [0.717, 1.165) is 18.4 Å². The maximum absolute atomic E-state index is 12.8. The van der Waals surface area contributed by atoms with E-state index in [-0.39, 0.29) is 16.6 Å². The van der Waals surface area contributed by atoms with Crippen LogP contribution in [-0.2, 0) is 0 Å². The largest absolute Gasteiger partial charge is 0.391 e. The molecule has 18 heavy (non-hydrogen) atoms. The molecule has 1 aromatic carbocycles. The first kappa shape index (κ1) is 17.6. The van der Waals surface area contributed by atoms with Crippen LogP contribution >= 0.6 is 15.9 Å². The molecule has 0 aliphatic heterocycles. The summed E-state index contributed by atoms with van der Waals surface area (Å²) in [5.41, 5.74) is 0.995. The molecule has 3 unspecified atom stereocenters. The van der Waals surface area contributed by atoms with Gasteiger partial charge in [-0.15, -0.1) is 0 Å². The third-order valence-corrected chi connectivity index (χ3v) is 4.10. The fraction of sp³-hybridized carbons (Fsp3) is 0.600. The summed E-state index contributed by atoms with van der Waals surface area (Å²) in [7, 11) is 0. The van der Waals surface area contributed by atoms with Gasteiger partial charge in [-0.2, -0.15) is 0 Å². The van der Waals surface area contributed by atoms with Crippen LogP contribution in [-0.4, -0.2) is 16.0 Å². The Labute approximate surface area is 119 Å². The predicted molar refractivity (Wildman–Crippen MR) is 79.8 cm³/mol. The lowest BCUT2D eigenvalue weighted by Crippen LogP contribution is -2.27. The smallest absolute Gasteiger partial charge is 0.123 e. The van der Waals surface area contributed by atoms with Gasteiger partial charge in [0.1, 0.15) is 5.82 Å². The highest BCUT2D eigenvalue weighted by Gasteiger charge is 2.24. The Bertz CT molecular complexity index is 313. The van der Waals surface area contributed by atoms with E-state index in [1.165, 1.54) is 12.1 Å². The molecule has 0 aliphatic carbocycles. The van der Waals surface area contributed by atoms with Gasteiger partial charge in [0.25, 0.3) is 0 Å². The minimum absolute atomic E-state index is 0.0601. The maximum Gasteiger partial charge on any atom is 0.123 e. The molecule has 0 saturated heterocycles. The van der Waals surface area contributed by atoms with Crippen LogP contribution in [0.25, 0.3) is 0 Å². The molecule has 0 bridgehead atoms. The summed E-state index contributed by atoms with van der Waals surface area (Å²) in [6.45, 7) is 8.06. The third kappa shape index (κ3) is 5.07. The van der Waals surface area contributed by atoms with Crippen LogP contribution in [0.15, 0.2) is 24.3 Å². The van der Waals surface area contributed by atoms with Crippen molar-refractivity contribution in [1.29, 1.82) is 0 Å². The minimum Gasteiger partial charge on any atom is -0.391 e. The van der Waals surface area contributed by atoms with Crippen molar-refractivity contribution in [2.75, 3.05) is 0 Å². The van der Waals surface area contributed by atoms with E-state index < -0.39 is 6.10 Å². The average Bonchev–Trinajstić information content (AvgIpc) is 2.42. The monoisotopic (exact) mass is 318 g/mol. The van der Waals surface area contributed by atoms with Gasteiger partial charge in [-0.3, -0.25) is 0 Å². The van der Waals surface area contributed by atoms with Crippen molar-refractivity contribution in [2.24, 2.45) is 0 Å². The SMILES string of the molecule is CC.CCC(Br)C(O)C(CC)c1ccc(F)cc1. The topological polar surface area (TPSA) is 20.2 Å². The summed E-state index contributed by atoms with van der Waals surface area (Å²) in [6, 6.07) is 6.39. The molecule has 1 aromatic rings. The van der Waals surface area contributed by atoms with Crippen LogP contribution in [0.5, 0.6) is 0 Å². The number of hydrogen-bond donors (Lipinski definition) is 1. The van der Waals surface area contributed by atoms with Crippen molar-refractivity contribution in [1.82, 2.24) is 0 Å². The molecule has 1 N–H and O–H groups in total. The summed E-state index contributed by atoms with van der Waals surface area (Å²) in [5, 5.41) is 10.2. The second kappa shape index (κ2) is 9.51. The molecule has 1 rings (SSSR count). The Morgan fingerprint density at radius 3 is 2.00 bits per heavy atom. The Morgan fingerprint density at radius 2 is 1.61 bits per heavy atom. The van der Waals surface area contributed by atoms with Gasteiger partial charge < -0.3 is 5.11 Å². The van der Waals surface area contributed by atoms with Crippen molar-refractivity contribution < 1.29 is 9.50 Å². The van der Waals surface area contributed by atoms with Crippen molar-refractivity contribution >= 4 is 15.9 Å². The highest BCUT2D eigenvalue weighted by atomic mass is 79.9. The van der Waals surface area contributed by atoms with Gasteiger partial charge >= 0.3 is 0 Å². The van der Waals surface area contributed by atoms with Crippen LogP contribution in [0, 0.1) is 5.82 Å². The van der Waals surface area contributed by atoms with E-state index in [9.17, 15) is 9.50 Å². The first-order valence-electron chi connectivity index (χ1n) is 6.67. The van der Waals surface area contributed by atoms with E-state index in [1.807, 2.05) is 27.7 Å². The van der Waals surface area contributed by atoms with Crippen LogP contribution in [0.3, 0.4) is 0 Å². The highest BCUT2D eigenvalue weighted by Crippen LogP contribution is 2.29. The predicted octanol–water partition coefficient (Wildman–Crippen LogP) is 4.88. The summed E-state index contributed by atoms with van der Waals surface area (Å²) in [6.07, 6.45) is 1.29. The zero-order valence-corrected chi connectivity index (χ0v) is 13.2. The van der Waals surface area contributed by atoms with Gasteiger partial charge in [0, 0.05) is 10.7 Å². The zero-order chi connectivity index (χ0) is 14.1. The van der Waals surface area contributed by atoms with E-state index in [2.05, 4.69) is 15.9 Å². The van der Waals surface area contributed by atoms with Gasteiger partial charge in [0.15, 0.2) is 0 Å². The van der Waals surface area contributed by atoms with Crippen LogP contribution in [0.4, 0.5) is 4.39 Å². The number of hydrogen-bond acceptors (Lipinski definition) is 1. The summed E-state index contributed by atoms with van der Waals surface area (Å²) in [4.78, 5) is 0.0857. The number of rotatable bonds is 5. The lowest BCUT2D eigenvalue weighted by atomic mass is 9.89. The second-order valence-electron chi connectivity index (χ2n) is 3.98. The normalized spacial score (nSPS) is 15.3. The van der Waals surface area contributed by atoms with Crippen molar-refractivity contribution in [3.63, 3.8) is 0 Å². The number of alkyl halides is 1. The molecule has 0 heterocycles. The zero-order valence-electron chi connectivity index (χ0n) is 11.7. The maximum atomic E-state index is 12.8. The molecule has 0 aromatic heterocycles. The Balaban J connectivity index is 0.00000137. The third-order valence-electron chi connectivity index (χ3n) is 2.91. The molecule has 3 heteroatoms. The fourth-order valence-electron chi connectivity index (χ4n) is 1.88. The molecule has 0 spiro atoms. The summed E-state index contributed by atoms with van der Waals surface area (Å²) >= 11 is 3.47. The number of aliphatic hydroxyl groups is 1. The van der Waals surface area contributed by atoms with E-state index >= 15 is 0 Å². The van der Waals surface area contributed by atoms with E-state index in [4.69, 9.17) is 0 Å². The number of benzene rings is 1. The molecule has 0 amide bonds. The van der Waals surface area contributed by atoms with Crippen LogP contribution < -0.4 is 0 Å². The molecular formula is C15H24BrFO. The van der Waals surface area contributed by atoms with Gasteiger partial charge in [-0.05, 0) is 30.5 Å². The second-order valence-corrected chi connectivity index (χ2v) is 5.16. The quantitative estimate of drug-likeness (QED) is 0.767. The van der Waals surface area contributed by atoms with Crippen molar-refractivity contribution in [2.45, 2.75) is 57.4 Å². The van der Waals surface area contributed by atoms with Gasteiger partial charge in [-0.25, -0.2) is 4.39 Å². The standard InChI is InChI=1S/C13H18BrFO.C2H6/c1-3-11(13(16)12(14)4-2)9-5-7-10(15)8-6-9;1-2/h5-8,11-13,16H,3-4H2,1-2H3;1-2H3. The lowest BCUT2D eigenvalue weighted by Gasteiger charge is -2.25. The molecule has 0 radical (unpaired) electrons. The fourth-order valence-corrected chi connectivity index (χ4v) is 2.25. The molecular weight excluding hydrogens is 295 g/mol. The Hall–Kier alpha value is -0.410. The molecule has 0 fully saturated rings. The van der Waals surface area contributed by atoms with E-state index in [1.54, 1.807) is 12.1 Å². The molecule has 0 saturated carbocycles. The molecule has 1 nitrogen and oxygen atoms in total. The van der Waals surface area contributed by atoms with Crippen LogP contribution in [0.1, 0.15) is 52.0 Å². The van der Waals surface area contributed by atoms with Crippen LogP contribution in [0.2, 0.25) is 0 Å². The average molecular weight is 319 g/mol. The number of halogens is 2. The highest BCUT2D eigenvalue weighted by molar-refractivity contribution is 9.09. The van der Waals surface area contributed by atoms with Gasteiger partial charge in [0.05, 0.1) is 6.10 Å². The summed E-state index contributed by atoms with van der Waals surface area (Å²) < 4.78 is 12.8. The lowest BCUT2D eigenvalue weighted by molar-refractivity contribution is 0.138. The van der Waals surface area contributed by atoms with Crippen molar-refractivity contribution in [3.05, 3.63) is 35.6 Å². The Morgan fingerprint density at radius 1 is 1.11 bits per heavy atom. The van der Waals surface area contributed by atoms with E-state index in [0.29, 0.717) is 0 Å². The minimum atomic E-state index is -0.430. The van der Waals surface area contributed by atoms with Crippen molar-refractivity contribution in [3.8, 4) is 0 Å². The number of aliphatic hydroxyl groups excluding tert-OH is 1. The first-order chi connectivity index (χ1) is 8.60. The van der Waals surface area contributed by atoms with Gasteiger partial charge in [0.2, 0.25) is 0 Å². The summed E-state index contributed by atoms with van der Waals surface area (Å²) in [5.74, 6) is -0.177. The molecule has 104 valence electrons. The Kier molecular flexibility index (Phi) is 9.29.